The van der Waals surface area contributed by atoms with Crippen molar-refractivity contribution in [2.45, 2.75) is 25.9 Å². The van der Waals surface area contributed by atoms with Crippen LogP contribution < -0.4 is 10.2 Å². The highest BCUT2D eigenvalue weighted by atomic mass is 19.1. The molecule has 1 heterocycles. The first kappa shape index (κ1) is 17.9. The van der Waals surface area contributed by atoms with Gasteiger partial charge in [0.15, 0.2) is 0 Å². The summed E-state index contributed by atoms with van der Waals surface area (Å²) >= 11 is 0. The molecule has 0 aliphatic carbocycles. The molecule has 2 aromatic carbocycles. The molecule has 0 saturated carbocycles. The van der Waals surface area contributed by atoms with Gasteiger partial charge in [-0.25, -0.2) is 9.18 Å². The Bertz CT molecular complexity index is 805. The van der Waals surface area contributed by atoms with Gasteiger partial charge in [-0.3, -0.25) is 9.69 Å². The highest BCUT2D eigenvalue weighted by Gasteiger charge is 2.32. The van der Waals surface area contributed by atoms with Gasteiger partial charge in [0.05, 0.1) is 18.7 Å². The van der Waals surface area contributed by atoms with Crippen molar-refractivity contribution in [1.29, 1.82) is 0 Å². The normalized spacial score (nSPS) is 16.7. The van der Waals surface area contributed by atoms with E-state index in [0.29, 0.717) is 12.5 Å². The lowest BCUT2D eigenvalue weighted by atomic mass is 10.0. The monoisotopic (exact) mass is 356 g/mol. The number of ether oxygens (including phenoxy) is 1. The number of carbonyl (C=O) groups is 2. The van der Waals surface area contributed by atoms with Crippen LogP contribution in [0.2, 0.25) is 0 Å². The molecule has 1 aliphatic rings. The Balaban J connectivity index is 1.59. The smallest absolute Gasteiger partial charge is 0.414 e. The van der Waals surface area contributed by atoms with Crippen molar-refractivity contribution >= 4 is 17.7 Å². The van der Waals surface area contributed by atoms with Crippen LogP contribution in [-0.2, 0) is 4.74 Å². The van der Waals surface area contributed by atoms with E-state index in [9.17, 15) is 14.0 Å². The Labute approximate surface area is 151 Å². The van der Waals surface area contributed by atoms with Crippen molar-refractivity contribution in [3.05, 3.63) is 65.5 Å². The highest BCUT2D eigenvalue weighted by molar-refractivity contribution is 5.94. The van der Waals surface area contributed by atoms with E-state index in [-0.39, 0.29) is 12.1 Å². The van der Waals surface area contributed by atoms with E-state index >= 15 is 0 Å². The zero-order valence-electron chi connectivity index (χ0n) is 14.7. The molecular formula is C20H21FN2O3. The van der Waals surface area contributed by atoms with Gasteiger partial charge in [0.25, 0.3) is 5.91 Å². The van der Waals surface area contributed by atoms with Crippen LogP contribution >= 0.6 is 0 Å². The molecule has 6 heteroatoms. The SMILES string of the molecule is CC(C)c1ccc(N2CC(CNC(=O)c3ccccc3F)OC2=O)cc1. The summed E-state index contributed by atoms with van der Waals surface area (Å²) in [6.07, 6.45) is -0.935. The fraction of sp³-hybridized carbons (Fsp3) is 0.300. The summed E-state index contributed by atoms with van der Waals surface area (Å²) in [6.45, 7) is 4.66. The standard InChI is InChI=1S/C20H21FN2O3/c1-13(2)14-7-9-15(10-8-14)23-12-16(26-20(23)25)11-22-19(24)17-5-3-4-6-18(17)21/h3-10,13,16H,11-12H2,1-2H3,(H,22,24). The molecule has 1 unspecified atom stereocenters. The predicted octanol–water partition coefficient (Wildman–Crippen LogP) is 3.70. The van der Waals surface area contributed by atoms with Gasteiger partial charge in [-0.1, -0.05) is 38.1 Å². The number of halogens is 1. The zero-order valence-corrected chi connectivity index (χ0v) is 14.7. The molecule has 1 N–H and O–H groups in total. The first-order valence-corrected chi connectivity index (χ1v) is 8.56. The molecule has 5 nitrogen and oxygen atoms in total. The second-order valence-electron chi connectivity index (χ2n) is 6.55. The molecule has 1 aliphatic heterocycles. The summed E-state index contributed by atoms with van der Waals surface area (Å²) in [5.74, 6) is -0.699. The third kappa shape index (κ3) is 3.85. The van der Waals surface area contributed by atoms with Crippen LogP contribution in [0.3, 0.4) is 0 Å². The van der Waals surface area contributed by atoms with Crippen molar-refractivity contribution in [1.82, 2.24) is 5.32 Å². The van der Waals surface area contributed by atoms with Gasteiger partial charge in [0, 0.05) is 5.69 Å². The van der Waals surface area contributed by atoms with Crippen LogP contribution in [0.4, 0.5) is 14.9 Å². The summed E-state index contributed by atoms with van der Waals surface area (Å²) in [6, 6.07) is 13.5. The number of cyclic esters (lactones) is 1. The summed E-state index contributed by atoms with van der Waals surface area (Å²) in [5.41, 5.74) is 1.91. The van der Waals surface area contributed by atoms with Crippen LogP contribution in [0.15, 0.2) is 48.5 Å². The lowest BCUT2D eigenvalue weighted by Gasteiger charge is -2.14. The number of hydrogen-bond donors (Lipinski definition) is 1. The first-order valence-electron chi connectivity index (χ1n) is 8.56. The quantitative estimate of drug-likeness (QED) is 0.889. The number of rotatable bonds is 5. The number of benzene rings is 2. The Kier molecular flexibility index (Phi) is 5.21. The lowest BCUT2D eigenvalue weighted by molar-refractivity contribution is 0.0912. The van der Waals surface area contributed by atoms with Crippen LogP contribution in [0.1, 0.15) is 35.7 Å². The van der Waals surface area contributed by atoms with Crippen molar-refractivity contribution < 1.29 is 18.7 Å². The molecule has 0 spiro atoms. The van der Waals surface area contributed by atoms with Crippen molar-refractivity contribution in [2.75, 3.05) is 18.0 Å². The molecule has 1 saturated heterocycles. The van der Waals surface area contributed by atoms with E-state index in [1.807, 2.05) is 24.3 Å². The van der Waals surface area contributed by atoms with Gasteiger partial charge in [-0.15, -0.1) is 0 Å². The maximum absolute atomic E-state index is 13.6. The molecule has 26 heavy (non-hydrogen) atoms. The minimum atomic E-state index is -0.583. The van der Waals surface area contributed by atoms with Crippen molar-refractivity contribution in [3.63, 3.8) is 0 Å². The maximum atomic E-state index is 13.6. The average molecular weight is 356 g/mol. The van der Waals surface area contributed by atoms with Gasteiger partial charge >= 0.3 is 6.09 Å². The highest BCUT2D eigenvalue weighted by Crippen LogP contribution is 2.24. The Morgan fingerprint density at radius 2 is 1.92 bits per heavy atom. The van der Waals surface area contributed by atoms with E-state index in [1.54, 1.807) is 6.07 Å². The third-order valence-electron chi connectivity index (χ3n) is 4.35. The third-order valence-corrected chi connectivity index (χ3v) is 4.35. The fourth-order valence-corrected chi connectivity index (χ4v) is 2.82. The van der Waals surface area contributed by atoms with Crippen LogP contribution in [0, 0.1) is 5.82 Å². The molecule has 1 fully saturated rings. The number of anilines is 1. The van der Waals surface area contributed by atoms with Gasteiger partial charge in [0.2, 0.25) is 0 Å². The lowest BCUT2D eigenvalue weighted by Crippen LogP contribution is -2.35. The fourth-order valence-electron chi connectivity index (χ4n) is 2.82. The molecular weight excluding hydrogens is 335 g/mol. The van der Waals surface area contributed by atoms with Gasteiger partial charge in [-0.05, 0) is 35.7 Å². The number of amides is 2. The van der Waals surface area contributed by atoms with Crippen LogP contribution in [-0.4, -0.2) is 31.2 Å². The summed E-state index contributed by atoms with van der Waals surface area (Å²) < 4.78 is 18.9. The zero-order chi connectivity index (χ0) is 18.7. The molecule has 3 rings (SSSR count). The predicted molar refractivity (Wildman–Crippen MR) is 96.9 cm³/mol. The molecule has 2 aromatic rings. The van der Waals surface area contributed by atoms with Gasteiger partial charge < -0.3 is 10.1 Å². The van der Waals surface area contributed by atoms with E-state index in [1.165, 1.54) is 28.7 Å². The van der Waals surface area contributed by atoms with Gasteiger partial charge in [-0.2, -0.15) is 0 Å². The van der Waals surface area contributed by atoms with Crippen molar-refractivity contribution in [3.8, 4) is 0 Å². The molecule has 2 amide bonds. The Hall–Kier alpha value is -2.89. The van der Waals surface area contributed by atoms with E-state index < -0.39 is 23.9 Å². The number of nitrogens with zero attached hydrogens (tertiary/aromatic N) is 1. The topological polar surface area (TPSA) is 58.6 Å². The van der Waals surface area contributed by atoms with E-state index in [2.05, 4.69) is 19.2 Å². The Morgan fingerprint density at radius 3 is 2.58 bits per heavy atom. The van der Waals surface area contributed by atoms with Crippen LogP contribution in [0.5, 0.6) is 0 Å². The second kappa shape index (κ2) is 7.56. The molecule has 0 radical (unpaired) electrons. The van der Waals surface area contributed by atoms with E-state index in [4.69, 9.17) is 4.74 Å². The van der Waals surface area contributed by atoms with Gasteiger partial charge in [0.1, 0.15) is 11.9 Å². The molecule has 136 valence electrons. The second-order valence-corrected chi connectivity index (χ2v) is 6.55. The van der Waals surface area contributed by atoms with Crippen molar-refractivity contribution in [2.24, 2.45) is 0 Å². The van der Waals surface area contributed by atoms with Crippen LogP contribution in [0.25, 0.3) is 0 Å². The molecule has 1 atom stereocenters. The van der Waals surface area contributed by atoms with E-state index in [0.717, 1.165) is 5.69 Å². The molecule has 0 aromatic heterocycles. The number of nitrogens with one attached hydrogen (secondary N) is 1. The number of hydrogen-bond acceptors (Lipinski definition) is 3. The average Bonchev–Trinajstić information content (AvgIpc) is 3.01. The summed E-state index contributed by atoms with van der Waals surface area (Å²) in [7, 11) is 0. The largest absolute Gasteiger partial charge is 0.442 e. The molecule has 0 bridgehead atoms. The minimum absolute atomic E-state index is 0.0297. The minimum Gasteiger partial charge on any atom is -0.442 e. The first-order chi connectivity index (χ1) is 12.5. The Morgan fingerprint density at radius 1 is 1.23 bits per heavy atom. The maximum Gasteiger partial charge on any atom is 0.414 e. The summed E-state index contributed by atoms with van der Waals surface area (Å²) in [4.78, 5) is 25.7. The number of carbonyl (C=O) groups excluding carboxylic acids is 2. The summed E-state index contributed by atoms with van der Waals surface area (Å²) in [5, 5.41) is 2.62.